The number of morpholine rings is 1. The number of rotatable bonds is 6. The van der Waals surface area contributed by atoms with Crippen LogP contribution in [0.2, 0.25) is 0 Å². The minimum Gasteiger partial charge on any atom is -0.377 e. The van der Waals surface area contributed by atoms with Crippen molar-refractivity contribution in [1.82, 2.24) is 14.9 Å². The molecule has 1 saturated carbocycles. The first kappa shape index (κ1) is 19.5. The van der Waals surface area contributed by atoms with Crippen molar-refractivity contribution in [2.24, 2.45) is 11.7 Å². The molecule has 0 bridgehead atoms. The van der Waals surface area contributed by atoms with Crippen molar-refractivity contribution in [3.05, 3.63) is 41.1 Å². The molecule has 2 aromatic rings. The molecule has 7 heteroatoms. The summed E-state index contributed by atoms with van der Waals surface area (Å²) in [6.45, 7) is 7.49. The standard InChI is InChI=1S/C23H29N5O2/c1-15-14-30-9-8-28(15)23-19-12-27(11-17-2-3-17)13-20(19)25-22(26-23)18-6-4-16(5-7-18)10-21(24)29/h4-7,15,17H,2-3,8-14H2,1H3,(H2,24,29)/t15-/m0/s1. The summed E-state index contributed by atoms with van der Waals surface area (Å²) in [5, 5.41) is 0. The Labute approximate surface area is 177 Å². The number of carbonyl (C=O) groups is 1. The molecule has 1 aromatic carbocycles. The highest BCUT2D eigenvalue weighted by molar-refractivity contribution is 5.76. The Morgan fingerprint density at radius 2 is 2.00 bits per heavy atom. The van der Waals surface area contributed by atoms with Crippen LogP contribution in [0.15, 0.2) is 24.3 Å². The van der Waals surface area contributed by atoms with Gasteiger partial charge < -0.3 is 15.4 Å². The van der Waals surface area contributed by atoms with Crippen LogP contribution in [0.4, 0.5) is 5.82 Å². The van der Waals surface area contributed by atoms with Crippen LogP contribution < -0.4 is 10.6 Å². The van der Waals surface area contributed by atoms with Crippen molar-refractivity contribution in [2.75, 3.05) is 31.2 Å². The van der Waals surface area contributed by atoms with Gasteiger partial charge in [-0.1, -0.05) is 24.3 Å². The van der Waals surface area contributed by atoms with Gasteiger partial charge in [-0.25, -0.2) is 9.97 Å². The number of carbonyl (C=O) groups excluding carboxylic acids is 1. The van der Waals surface area contributed by atoms with Crippen LogP contribution in [0.25, 0.3) is 11.4 Å². The second kappa shape index (κ2) is 7.96. The highest BCUT2D eigenvalue weighted by Gasteiger charge is 2.33. The van der Waals surface area contributed by atoms with Crippen LogP contribution in [-0.4, -0.2) is 53.1 Å². The van der Waals surface area contributed by atoms with Crippen LogP contribution in [0, 0.1) is 5.92 Å². The Morgan fingerprint density at radius 3 is 2.70 bits per heavy atom. The number of amides is 1. The number of hydrogen-bond acceptors (Lipinski definition) is 6. The van der Waals surface area contributed by atoms with Gasteiger partial charge in [-0.3, -0.25) is 9.69 Å². The smallest absolute Gasteiger partial charge is 0.221 e. The molecule has 2 fully saturated rings. The number of benzene rings is 1. The molecule has 1 saturated heterocycles. The zero-order valence-corrected chi connectivity index (χ0v) is 17.5. The van der Waals surface area contributed by atoms with E-state index in [4.69, 9.17) is 20.4 Å². The third kappa shape index (κ3) is 4.04. The van der Waals surface area contributed by atoms with Gasteiger partial charge in [0.15, 0.2) is 5.82 Å². The fourth-order valence-corrected chi connectivity index (χ4v) is 4.48. The number of hydrogen-bond donors (Lipinski definition) is 1. The van der Waals surface area contributed by atoms with E-state index in [1.54, 1.807) is 0 Å². The number of nitrogens with zero attached hydrogens (tertiary/aromatic N) is 4. The fourth-order valence-electron chi connectivity index (χ4n) is 4.48. The molecule has 3 heterocycles. The zero-order valence-electron chi connectivity index (χ0n) is 17.5. The van der Waals surface area contributed by atoms with Crippen molar-refractivity contribution < 1.29 is 9.53 Å². The molecule has 1 atom stereocenters. The van der Waals surface area contributed by atoms with Crippen LogP contribution >= 0.6 is 0 Å². The Balaban J connectivity index is 1.49. The first-order chi connectivity index (χ1) is 14.6. The van der Waals surface area contributed by atoms with Crippen molar-refractivity contribution in [1.29, 1.82) is 0 Å². The second-order valence-electron chi connectivity index (χ2n) is 8.87. The van der Waals surface area contributed by atoms with E-state index in [9.17, 15) is 4.79 Å². The highest BCUT2D eigenvalue weighted by atomic mass is 16.5. The SMILES string of the molecule is C[C@H]1COCCN1c1nc(-c2ccc(CC(N)=O)cc2)nc2c1CN(CC1CC1)C2. The second-order valence-corrected chi connectivity index (χ2v) is 8.87. The predicted octanol–water partition coefficient (Wildman–Crippen LogP) is 2.12. The van der Waals surface area contributed by atoms with E-state index in [0.29, 0.717) is 6.04 Å². The van der Waals surface area contributed by atoms with Crippen molar-refractivity contribution in [3.63, 3.8) is 0 Å². The number of anilines is 1. The Bertz CT molecular complexity index is 941. The average Bonchev–Trinajstić information content (AvgIpc) is 3.44. The molecule has 0 spiro atoms. The summed E-state index contributed by atoms with van der Waals surface area (Å²) in [6, 6.07) is 8.15. The van der Waals surface area contributed by atoms with E-state index >= 15 is 0 Å². The quantitative estimate of drug-likeness (QED) is 0.790. The third-order valence-electron chi connectivity index (χ3n) is 6.27. The fraction of sp³-hybridized carbons (Fsp3) is 0.522. The maximum Gasteiger partial charge on any atom is 0.221 e. The Hall–Kier alpha value is -2.51. The van der Waals surface area contributed by atoms with Gasteiger partial charge in [0.1, 0.15) is 5.82 Å². The first-order valence-electron chi connectivity index (χ1n) is 10.9. The normalized spacial score (nSPS) is 21.6. The zero-order chi connectivity index (χ0) is 20.7. The molecule has 2 N–H and O–H groups in total. The number of primary amides is 1. The topological polar surface area (TPSA) is 84.6 Å². The molecule has 30 heavy (non-hydrogen) atoms. The Morgan fingerprint density at radius 1 is 1.20 bits per heavy atom. The summed E-state index contributed by atoms with van der Waals surface area (Å²) in [6.07, 6.45) is 2.96. The van der Waals surface area contributed by atoms with Gasteiger partial charge in [0.25, 0.3) is 0 Å². The van der Waals surface area contributed by atoms with Crippen molar-refractivity contribution >= 4 is 11.7 Å². The molecule has 1 aliphatic carbocycles. The van der Waals surface area contributed by atoms with Gasteiger partial charge in [0, 0.05) is 37.3 Å². The molecule has 1 amide bonds. The van der Waals surface area contributed by atoms with Crippen LogP contribution in [0.5, 0.6) is 0 Å². The summed E-state index contributed by atoms with van der Waals surface area (Å²) in [5.74, 6) is 2.35. The number of fused-ring (bicyclic) bond motifs is 1. The molecule has 158 valence electrons. The lowest BCUT2D eigenvalue weighted by Crippen LogP contribution is -2.44. The van der Waals surface area contributed by atoms with Gasteiger partial charge in [-0.15, -0.1) is 0 Å². The lowest BCUT2D eigenvalue weighted by atomic mass is 10.1. The van der Waals surface area contributed by atoms with E-state index < -0.39 is 0 Å². The van der Waals surface area contributed by atoms with Gasteiger partial charge in [-0.05, 0) is 31.2 Å². The monoisotopic (exact) mass is 407 g/mol. The molecule has 5 rings (SSSR count). The minimum absolute atomic E-state index is 0.248. The van der Waals surface area contributed by atoms with E-state index in [1.165, 1.54) is 18.4 Å². The van der Waals surface area contributed by atoms with E-state index in [1.807, 2.05) is 24.3 Å². The number of ether oxygens (including phenoxy) is 1. The molecule has 1 aromatic heterocycles. The lowest BCUT2D eigenvalue weighted by Gasteiger charge is -2.35. The summed E-state index contributed by atoms with van der Waals surface area (Å²) in [4.78, 5) is 26.1. The first-order valence-corrected chi connectivity index (χ1v) is 10.9. The predicted molar refractivity (Wildman–Crippen MR) is 115 cm³/mol. The maximum absolute atomic E-state index is 11.2. The third-order valence-corrected chi connectivity index (χ3v) is 6.27. The van der Waals surface area contributed by atoms with Gasteiger partial charge in [0.05, 0.1) is 31.4 Å². The largest absolute Gasteiger partial charge is 0.377 e. The van der Waals surface area contributed by atoms with Gasteiger partial charge in [-0.2, -0.15) is 0 Å². The van der Waals surface area contributed by atoms with Crippen molar-refractivity contribution in [3.8, 4) is 11.4 Å². The van der Waals surface area contributed by atoms with E-state index in [0.717, 1.165) is 73.8 Å². The van der Waals surface area contributed by atoms with E-state index in [2.05, 4.69) is 16.7 Å². The highest BCUT2D eigenvalue weighted by Crippen LogP contribution is 2.36. The number of nitrogens with two attached hydrogens (primary N) is 1. The molecular formula is C23H29N5O2. The molecule has 2 aliphatic heterocycles. The van der Waals surface area contributed by atoms with Crippen LogP contribution in [-0.2, 0) is 29.0 Å². The van der Waals surface area contributed by atoms with Crippen molar-refractivity contribution in [2.45, 2.75) is 45.3 Å². The van der Waals surface area contributed by atoms with Gasteiger partial charge >= 0.3 is 0 Å². The summed E-state index contributed by atoms with van der Waals surface area (Å²) in [7, 11) is 0. The molecule has 0 unspecified atom stereocenters. The molecule has 7 nitrogen and oxygen atoms in total. The van der Waals surface area contributed by atoms with E-state index in [-0.39, 0.29) is 12.3 Å². The molecular weight excluding hydrogens is 378 g/mol. The summed E-state index contributed by atoms with van der Waals surface area (Å²) < 4.78 is 5.66. The summed E-state index contributed by atoms with van der Waals surface area (Å²) in [5.41, 5.74) is 9.62. The maximum atomic E-state index is 11.2. The number of aromatic nitrogens is 2. The molecule has 0 radical (unpaired) electrons. The Kier molecular flexibility index (Phi) is 5.16. The summed E-state index contributed by atoms with van der Waals surface area (Å²) >= 11 is 0. The van der Waals surface area contributed by atoms with Crippen LogP contribution in [0.3, 0.4) is 0 Å². The minimum atomic E-state index is -0.323. The van der Waals surface area contributed by atoms with Crippen LogP contribution in [0.1, 0.15) is 36.6 Å². The molecule has 3 aliphatic rings. The average molecular weight is 408 g/mol. The lowest BCUT2D eigenvalue weighted by molar-refractivity contribution is -0.117. The van der Waals surface area contributed by atoms with Gasteiger partial charge in [0.2, 0.25) is 5.91 Å².